The summed E-state index contributed by atoms with van der Waals surface area (Å²) in [6, 6.07) is 3.22. The van der Waals surface area contributed by atoms with Crippen molar-refractivity contribution >= 4 is 6.03 Å². The molecule has 8 heteroatoms. The molecule has 5 nitrogen and oxygen atoms in total. The quantitative estimate of drug-likeness (QED) is 0.917. The van der Waals surface area contributed by atoms with E-state index in [0.29, 0.717) is 26.1 Å². The van der Waals surface area contributed by atoms with E-state index in [2.05, 4.69) is 10.3 Å². The molecule has 1 aliphatic rings. The fraction of sp³-hybridized carbons (Fsp3) is 0.600. The third kappa shape index (κ3) is 5.70. The average molecular weight is 330 g/mol. The lowest BCUT2D eigenvalue weighted by molar-refractivity contribution is -0.153. The number of carbonyl (C=O) groups excluding carboxylic acids is 1. The SMILES string of the molecule is C[C@H]1CN(C(=O)NCCc2cccnc2)CCN1CC(F)(F)F. The molecule has 1 aromatic rings. The molecule has 0 aromatic carbocycles. The van der Waals surface area contributed by atoms with Crippen LogP contribution < -0.4 is 5.32 Å². The van der Waals surface area contributed by atoms with Gasteiger partial charge in [-0.15, -0.1) is 0 Å². The first-order chi connectivity index (χ1) is 10.8. The Labute approximate surface area is 133 Å². The number of carbonyl (C=O) groups is 1. The van der Waals surface area contributed by atoms with Gasteiger partial charge in [-0.25, -0.2) is 4.79 Å². The zero-order chi connectivity index (χ0) is 16.9. The van der Waals surface area contributed by atoms with Crippen LogP contribution in [0.2, 0.25) is 0 Å². The van der Waals surface area contributed by atoms with Crippen molar-refractivity contribution in [3.63, 3.8) is 0 Å². The molecule has 2 heterocycles. The number of nitrogens with zero attached hydrogens (tertiary/aromatic N) is 3. The summed E-state index contributed by atoms with van der Waals surface area (Å²) in [5.41, 5.74) is 1.02. The van der Waals surface area contributed by atoms with E-state index < -0.39 is 12.7 Å². The molecule has 2 amide bonds. The average Bonchev–Trinajstić information content (AvgIpc) is 2.49. The molecule has 0 radical (unpaired) electrons. The third-order valence-corrected chi connectivity index (χ3v) is 3.85. The van der Waals surface area contributed by atoms with Crippen LogP contribution in [0.4, 0.5) is 18.0 Å². The molecule has 0 spiro atoms. The minimum absolute atomic E-state index is 0.229. The van der Waals surface area contributed by atoms with Crippen molar-refractivity contribution in [2.24, 2.45) is 0 Å². The van der Waals surface area contributed by atoms with Gasteiger partial charge < -0.3 is 10.2 Å². The van der Waals surface area contributed by atoms with Gasteiger partial charge in [0.15, 0.2) is 0 Å². The molecule has 1 N–H and O–H groups in total. The number of hydrogen-bond donors (Lipinski definition) is 1. The molecule has 0 bridgehead atoms. The number of pyridine rings is 1. The van der Waals surface area contributed by atoms with Gasteiger partial charge in [-0.2, -0.15) is 13.2 Å². The van der Waals surface area contributed by atoms with Gasteiger partial charge in [-0.1, -0.05) is 6.07 Å². The summed E-state index contributed by atoms with van der Waals surface area (Å²) >= 11 is 0. The summed E-state index contributed by atoms with van der Waals surface area (Å²) < 4.78 is 37.4. The number of aromatic nitrogens is 1. The maximum Gasteiger partial charge on any atom is 0.401 e. The number of nitrogens with one attached hydrogen (secondary N) is 1. The number of hydrogen-bond acceptors (Lipinski definition) is 3. The smallest absolute Gasteiger partial charge is 0.338 e. The van der Waals surface area contributed by atoms with Crippen LogP contribution in [0.1, 0.15) is 12.5 Å². The van der Waals surface area contributed by atoms with Crippen molar-refractivity contribution in [2.75, 3.05) is 32.7 Å². The van der Waals surface area contributed by atoms with Crippen LogP contribution in [0.25, 0.3) is 0 Å². The minimum atomic E-state index is -4.21. The Balaban J connectivity index is 1.74. The monoisotopic (exact) mass is 330 g/mol. The molecule has 2 rings (SSSR count). The first-order valence-electron chi connectivity index (χ1n) is 7.57. The number of amides is 2. The van der Waals surface area contributed by atoms with Crippen molar-refractivity contribution < 1.29 is 18.0 Å². The van der Waals surface area contributed by atoms with Crippen molar-refractivity contribution in [3.8, 4) is 0 Å². The van der Waals surface area contributed by atoms with Crippen molar-refractivity contribution in [1.29, 1.82) is 0 Å². The van der Waals surface area contributed by atoms with Crippen LogP contribution in [0.15, 0.2) is 24.5 Å². The Hall–Kier alpha value is -1.83. The molecule has 1 atom stereocenters. The minimum Gasteiger partial charge on any atom is -0.338 e. The van der Waals surface area contributed by atoms with Gasteiger partial charge in [0.1, 0.15) is 0 Å². The fourth-order valence-corrected chi connectivity index (χ4v) is 2.62. The number of urea groups is 1. The molecular formula is C15H21F3N4O. The first kappa shape index (κ1) is 17.5. The molecule has 1 aromatic heterocycles. The van der Waals surface area contributed by atoms with E-state index in [0.717, 1.165) is 5.56 Å². The first-order valence-corrected chi connectivity index (χ1v) is 7.57. The zero-order valence-corrected chi connectivity index (χ0v) is 13.0. The molecular weight excluding hydrogens is 309 g/mol. The largest absolute Gasteiger partial charge is 0.401 e. The van der Waals surface area contributed by atoms with Gasteiger partial charge in [0.25, 0.3) is 0 Å². The normalized spacial score (nSPS) is 19.7. The molecule has 128 valence electrons. The van der Waals surface area contributed by atoms with E-state index in [1.165, 1.54) is 4.90 Å². The maximum atomic E-state index is 12.5. The van der Waals surface area contributed by atoms with Gasteiger partial charge in [0.05, 0.1) is 6.54 Å². The number of alkyl halides is 3. The maximum absolute atomic E-state index is 12.5. The van der Waals surface area contributed by atoms with Crippen LogP contribution in [-0.4, -0.2) is 65.8 Å². The predicted molar refractivity (Wildman–Crippen MR) is 80.0 cm³/mol. The lowest BCUT2D eigenvalue weighted by Crippen LogP contribution is -2.57. The Morgan fingerprint density at radius 3 is 2.83 bits per heavy atom. The van der Waals surface area contributed by atoms with E-state index >= 15 is 0 Å². The van der Waals surface area contributed by atoms with E-state index in [1.807, 2.05) is 12.1 Å². The second-order valence-electron chi connectivity index (χ2n) is 5.72. The molecule has 1 saturated heterocycles. The summed E-state index contributed by atoms with van der Waals surface area (Å²) in [7, 11) is 0. The second-order valence-corrected chi connectivity index (χ2v) is 5.72. The summed E-state index contributed by atoms with van der Waals surface area (Å²) in [6.07, 6.45) is -0.111. The van der Waals surface area contributed by atoms with Crippen molar-refractivity contribution in [3.05, 3.63) is 30.1 Å². The number of rotatable bonds is 4. The summed E-state index contributed by atoms with van der Waals surface area (Å²) in [6.45, 7) is 2.10. The van der Waals surface area contributed by atoms with E-state index in [4.69, 9.17) is 0 Å². The van der Waals surface area contributed by atoms with Crippen LogP contribution in [0.5, 0.6) is 0 Å². The van der Waals surface area contributed by atoms with Gasteiger partial charge in [0, 0.05) is 44.6 Å². The highest BCUT2D eigenvalue weighted by atomic mass is 19.4. The topological polar surface area (TPSA) is 48.5 Å². The Bertz CT molecular complexity index is 509. The fourth-order valence-electron chi connectivity index (χ4n) is 2.62. The third-order valence-electron chi connectivity index (χ3n) is 3.85. The Kier molecular flexibility index (Phi) is 5.81. The molecule has 0 saturated carbocycles. The molecule has 0 unspecified atom stereocenters. The molecule has 23 heavy (non-hydrogen) atoms. The van der Waals surface area contributed by atoms with Crippen LogP contribution >= 0.6 is 0 Å². The van der Waals surface area contributed by atoms with Gasteiger partial charge in [0.2, 0.25) is 0 Å². The van der Waals surface area contributed by atoms with Gasteiger partial charge in [-0.05, 0) is 25.0 Å². The van der Waals surface area contributed by atoms with E-state index in [-0.39, 0.29) is 18.6 Å². The number of piperazine rings is 1. The Morgan fingerprint density at radius 1 is 1.43 bits per heavy atom. The van der Waals surface area contributed by atoms with Crippen molar-refractivity contribution in [1.82, 2.24) is 20.1 Å². The van der Waals surface area contributed by atoms with Gasteiger partial charge >= 0.3 is 12.2 Å². The van der Waals surface area contributed by atoms with Crippen LogP contribution in [-0.2, 0) is 6.42 Å². The zero-order valence-electron chi connectivity index (χ0n) is 13.0. The molecule has 1 aliphatic heterocycles. The summed E-state index contributed by atoms with van der Waals surface area (Å²) in [4.78, 5) is 19.0. The highest BCUT2D eigenvalue weighted by Crippen LogP contribution is 2.20. The van der Waals surface area contributed by atoms with E-state index in [1.54, 1.807) is 24.2 Å². The Morgan fingerprint density at radius 2 is 2.22 bits per heavy atom. The second kappa shape index (κ2) is 7.63. The van der Waals surface area contributed by atoms with Gasteiger partial charge in [-0.3, -0.25) is 9.88 Å². The highest BCUT2D eigenvalue weighted by molar-refractivity contribution is 5.74. The predicted octanol–water partition coefficient (Wildman–Crippen LogP) is 1.90. The number of halogens is 3. The highest BCUT2D eigenvalue weighted by Gasteiger charge is 2.35. The summed E-state index contributed by atoms with van der Waals surface area (Å²) in [5.74, 6) is 0. The standard InChI is InChI=1S/C15H21F3N4O/c1-12-10-21(7-8-22(12)11-15(16,17)18)14(23)20-6-4-13-3-2-5-19-9-13/h2-3,5,9,12H,4,6-8,10-11H2,1H3,(H,20,23)/t12-/m0/s1. The molecule has 0 aliphatic carbocycles. The lowest BCUT2D eigenvalue weighted by Gasteiger charge is -2.39. The van der Waals surface area contributed by atoms with E-state index in [9.17, 15) is 18.0 Å². The van der Waals surface area contributed by atoms with Crippen LogP contribution in [0.3, 0.4) is 0 Å². The van der Waals surface area contributed by atoms with Crippen LogP contribution in [0, 0.1) is 0 Å². The molecule has 1 fully saturated rings. The van der Waals surface area contributed by atoms with Crippen molar-refractivity contribution in [2.45, 2.75) is 25.6 Å². The summed E-state index contributed by atoms with van der Waals surface area (Å²) in [5, 5.41) is 2.80. The lowest BCUT2D eigenvalue weighted by atomic mass is 10.2.